The monoisotopic (exact) mass is 396 g/mol. The van der Waals surface area contributed by atoms with E-state index in [0.29, 0.717) is 18.5 Å². The number of amides is 1. The number of ketones is 1. The Morgan fingerprint density at radius 1 is 0.966 bits per heavy atom. The van der Waals surface area contributed by atoms with E-state index in [1.54, 1.807) is 42.3 Å². The summed E-state index contributed by atoms with van der Waals surface area (Å²) in [6.45, 7) is 0. The summed E-state index contributed by atoms with van der Waals surface area (Å²) in [7, 11) is 0. The van der Waals surface area contributed by atoms with Crippen LogP contribution in [0.15, 0.2) is 53.3 Å². The number of hydroxylamine groups is 1. The third-order valence-corrected chi connectivity index (χ3v) is 4.79. The number of aromatic amines is 1. The lowest BCUT2D eigenvalue weighted by molar-refractivity contribution is -0.129. The molecule has 0 saturated carbocycles. The highest BCUT2D eigenvalue weighted by Gasteiger charge is 2.18. The average molecular weight is 396 g/mol. The highest BCUT2D eigenvalue weighted by atomic mass is 16.5. The summed E-state index contributed by atoms with van der Waals surface area (Å²) in [5.74, 6) is -0.193. The molecule has 2 aromatic heterocycles. The second-order valence-corrected chi connectivity index (χ2v) is 6.90. The molecule has 0 aliphatic heterocycles. The molecule has 0 unspecified atom stereocenters. The molecule has 0 aliphatic rings. The van der Waals surface area contributed by atoms with Crippen LogP contribution in [0.3, 0.4) is 0 Å². The number of H-pyrrole nitrogens is 1. The van der Waals surface area contributed by atoms with Gasteiger partial charge in [-0.15, -0.1) is 0 Å². The van der Waals surface area contributed by atoms with Gasteiger partial charge in [-0.25, -0.2) is 5.48 Å². The van der Waals surface area contributed by atoms with Gasteiger partial charge in [0.05, 0.1) is 18.2 Å². The van der Waals surface area contributed by atoms with E-state index >= 15 is 0 Å². The molecule has 0 saturated heterocycles. The number of phenolic OH excluding ortho intramolecular Hbond substituents is 1. The lowest BCUT2D eigenvalue weighted by Crippen LogP contribution is -2.17. The Morgan fingerprint density at radius 2 is 1.69 bits per heavy atom. The SMILES string of the molecule is O=C(CCCCCCC(=O)c1[nH]c(-c2ccc(O)cc2)cc1-c1ccoc1)NO. The Morgan fingerprint density at radius 3 is 2.34 bits per heavy atom. The molecule has 0 fully saturated rings. The van der Waals surface area contributed by atoms with E-state index in [-0.39, 0.29) is 23.9 Å². The van der Waals surface area contributed by atoms with Crippen LogP contribution in [0.1, 0.15) is 49.0 Å². The van der Waals surface area contributed by atoms with Gasteiger partial charge in [0.1, 0.15) is 5.75 Å². The fourth-order valence-corrected chi connectivity index (χ4v) is 3.22. The summed E-state index contributed by atoms with van der Waals surface area (Å²) >= 11 is 0. The normalized spacial score (nSPS) is 10.8. The second kappa shape index (κ2) is 9.75. The number of aromatic hydroxyl groups is 1. The maximum atomic E-state index is 12.8. The van der Waals surface area contributed by atoms with Gasteiger partial charge in [-0.1, -0.05) is 12.8 Å². The maximum Gasteiger partial charge on any atom is 0.243 e. The quantitative estimate of drug-likeness (QED) is 0.172. The maximum absolute atomic E-state index is 12.8. The van der Waals surface area contributed by atoms with Gasteiger partial charge in [0, 0.05) is 29.7 Å². The number of carbonyl (C=O) groups is 2. The molecule has 29 heavy (non-hydrogen) atoms. The van der Waals surface area contributed by atoms with Crippen molar-refractivity contribution in [1.29, 1.82) is 0 Å². The van der Waals surface area contributed by atoms with E-state index in [2.05, 4.69) is 4.98 Å². The first-order valence-corrected chi connectivity index (χ1v) is 9.59. The number of carbonyl (C=O) groups excluding carboxylic acids is 2. The first-order valence-electron chi connectivity index (χ1n) is 9.59. The molecule has 0 atom stereocenters. The Bertz CT molecular complexity index is 942. The van der Waals surface area contributed by atoms with E-state index in [4.69, 9.17) is 9.62 Å². The van der Waals surface area contributed by atoms with E-state index < -0.39 is 0 Å². The molecule has 4 N–H and O–H groups in total. The standard InChI is InChI=1S/C22H24N2O5/c25-17-9-7-15(8-10-17)19-13-18(16-11-12-29-14-16)22(23-19)20(26)5-3-1-2-4-6-21(27)24-28/h7-14,23,25,28H,1-6H2,(H,24,27). The van der Waals surface area contributed by atoms with Crippen molar-refractivity contribution in [3.63, 3.8) is 0 Å². The molecular weight excluding hydrogens is 372 g/mol. The van der Waals surface area contributed by atoms with Gasteiger partial charge in [0.25, 0.3) is 0 Å². The largest absolute Gasteiger partial charge is 0.508 e. The predicted octanol–water partition coefficient (Wildman–Crippen LogP) is 4.68. The number of nitrogens with one attached hydrogen (secondary N) is 2. The Labute approximate surface area is 168 Å². The Balaban J connectivity index is 1.67. The number of rotatable bonds is 10. The van der Waals surface area contributed by atoms with Crippen molar-refractivity contribution < 1.29 is 24.3 Å². The number of aromatic nitrogens is 1. The molecule has 152 valence electrons. The predicted molar refractivity (Wildman–Crippen MR) is 108 cm³/mol. The van der Waals surface area contributed by atoms with Crippen molar-refractivity contribution in [2.75, 3.05) is 0 Å². The van der Waals surface area contributed by atoms with Crippen molar-refractivity contribution >= 4 is 11.7 Å². The van der Waals surface area contributed by atoms with Crippen LogP contribution in [0.5, 0.6) is 5.75 Å². The summed E-state index contributed by atoms with van der Waals surface area (Å²) in [5.41, 5.74) is 5.42. The summed E-state index contributed by atoms with van der Waals surface area (Å²) in [6, 6.07) is 10.5. The zero-order valence-electron chi connectivity index (χ0n) is 16.0. The molecule has 1 aromatic carbocycles. The number of hydrogen-bond donors (Lipinski definition) is 4. The van der Waals surface area contributed by atoms with Gasteiger partial charge in [0.15, 0.2) is 5.78 Å². The van der Waals surface area contributed by atoms with Crippen molar-refractivity contribution in [3.8, 4) is 28.1 Å². The van der Waals surface area contributed by atoms with Crippen LogP contribution in [-0.2, 0) is 4.79 Å². The van der Waals surface area contributed by atoms with Crippen molar-refractivity contribution in [3.05, 3.63) is 54.6 Å². The number of unbranched alkanes of at least 4 members (excludes halogenated alkanes) is 3. The minimum absolute atomic E-state index is 0.0133. The summed E-state index contributed by atoms with van der Waals surface area (Å²) in [5, 5.41) is 18.0. The molecule has 0 bridgehead atoms. The minimum Gasteiger partial charge on any atom is -0.508 e. The molecule has 3 rings (SSSR count). The molecule has 0 radical (unpaired) electrons. The molecule has 7 heteroatoms. The first kappa shape index (κ1) is 20.4. The van der Waals surface area contributed by atoms with Crippen molar-refractivity contribution in [2.24, 2.45) is 0 Å². The lowest BCUT2D eigenvalue weighted by Gasteiger charge is -2.03. The Hall–Kier alpha value is -3.32. The molecule has 1 amide bonds. The topological polar surface area (TPSA) is 116 Å². The van der Waals surface area contributed by atoms with Crippen LogP contribution in [0.4, 0.5) is 0 Å². The molecular formula is C22H24N2O5. The summed E-state index contributed by atoms with van der Waals surface area (Å²) in [6.07, 6.45) is 6.89. The fourth-order valence-electron chi connectivity index (χ4n) is 3.22. The van der Waals surface area contributed by atoms with E-state index in [1.165, 1.54) is 0 Å². The highest BCUT2D eigenvalue weighted by molar-refractivity contribution is 6.02. The minimum atomic E-state index is -0.390. The van der Waals surface area contributed by atoms with Gasteiger partial charge < -0.3 is 14.5 Å². The van der Waals surface area contributed by atoms with Crippen LogP contribution in [0.25, 0.3) is 22.4 Å². The average Bonchev–Trinajstić information content (AvgIpc) is 3.40. The van der Waals surface area contributed by atoms with Crippen LogP contribution in [0, 0.1) is 0 Å². The zero-order valence-corrected chi connectivity index (χ0v) is 16.0. The number of Topliss-reactive ketones (excluding diaryl/α,β-unsaturated/α-hetero) is 1. The molecule has 0 spiro atoms. The molecule has 7 nitrogen and oxygen atoms in total. The second-order valence-electron chi connectivity index (χ2n) is 6.90. The van der Waals surface area contributed by atoms with Gasteiger partial charge in [0.2, 0.25) is 5.91 Å². The van der Waals surface area contributed by atoms with Crippen LogP contribution in [-0.4, -0.2) is 27.0 Å². The third-order valence-electron chi connectivity index (χ3n) is 4.79. The van der Waals surface area contributed by atoms with E-state index in [1.807, 2.05) is 12.1 Å². The van der Waals surface area contributed by atoms with Crippen molar-refractivity contribution in [2.45, 2.75) is 38.5 Å². The smallest absolute Gasteiger partial charge is 0.243 e. The van der Waals surface area contributed by atoms with Gasteiger partial charge >= 0.3 is 0 Å². The molecule has 3 aromatic rings. The van der Waals surface area contributed by atoms with E-state index in [9.17, 15) is 14.7 Å². The van der Waals surface area contributed by atoms with Gasteiger partial charge in [-0.2, -0.15) is 0 Å². The zero-order chi connectivity index (χ0) is 20.6. The summed E-state index contributed by atoms with van der Waals surface area (Å²) < 4.78 is 5.18. The summed E-state index contributed by atoms with van der Waals surface area (Å²) in [4.78, 5) is 27.1. The van der Waals surface area contributed by atoms with Gasteiger partial charge in [-0.05, 0) is 54.8 Å². The highest BCUT2D eigenvalue weighted by Crippen LogP contribution is 2.31. The van der Waals surface area contributed by atoms with Gasteiger partial charge in [-0.3, -0.25) is 14.8 Å². The first-order chi connectivity index (χ1) is 14.1. The van der Waals surface area contributed by atoms with Crippen LogP contribution in [0.2, 0.25) is 0 Å². The number of hydrogen-bond acceptors (Lipinski definition) is 5. The molecule has 0 aliphatic carbocycles. The third kappa shape index (κ3) is 5.36. The van der Waals surface area contributed by atoms with E-state index in [0.717, 1.165) is 41.6 Å². The molecule has 2 heterocycles. The lowest BCUT2D eigenvalue weighted by atomic mass is 10.0. The fraction of sp³-hybridized carbons (Fsp3) is 0.273. The van der Waals surface area contributed by atoms with Crippen LogP contribution < -0.4 is 5.48 Å². The number of furan rings is 1. The van der Waals surface area contributed by atoms with Crippen molar-refractivity contribution in [1.82, 2.24) is 10.5 Å². The number of phenols is 1. The number of benzene rings is 1. The Kier molecular flexibility index (Phi) is 6.86. The van der Waals surface area contributed by atoms with Crippen LogP contribution >= 0.6 is 0 Å².